The highest BCUT2D eigenvalue weighted by Crippen LogP contribution is 2.36. The van der Waals surface area contributed by atoms with Crippen molar-refractivity contribution in [2.24, 2.45) is 0 Å². The van der Waals surface area contributed by atoms with Crippen molar-refractivity contribution in [2.75, 3.05) is 0 Å². The van der Waals surface area contributed by atoms with E-state index in [0.717, 1.165) is 46.7 Å². The van der Waals surface area contributed by atoms with Crippen molar-refractivity contribution in [2.45, 2.75) is 66.3 Å². The zero-order valence-electron chi connectivity index (χ0n) is 18.1. The maximum atomic E-state index is 14.7. The molecule has 4 aromatic rings. The molecular weight excluding hydrogens is 363 g/mol. The van der Waals surface area contributed by atoms with E-state index in [1.807, 2.05) is 24.4 Å². The lowest BCUT2D eigenvalue weighted by Gasteiger charge is -2.17. The normalized spacial score (nSPS) is 12.2. The summed E-state index contributed by atoms with van der Waals surface area (Å²) < 4.78 is 18.8. The summed E-state index contributed by atoms with van der Waals surface area (Å²) in [5.74, 6) is 0.248. The highest BCUT2D eigenvalue weighted by Gasteiger charge is 2.24. The molecule has 0 atom stereocenters. The highest BCUT2D eigenvalue weighted by molar-refractivity contribution is 5.88. The van der Waals surface area contributed by atoms with Crippen LogP contribution < -0.4 is 0 Å². The van der Waals surface area contributed by atoms with Gasteiger partial charge in [-0.15, -0.1) is 0 Å². The van der Waals surface area contributed by atoms with Gasteiger partial charge in [0, 0.05) is 17.0 Å². The fraction of sp³-hybridized carbons (Fsp3) is 0.417. The first-order valence-corrected chi connectivity index (χ1v) is 10.5. The van der Waals surface area contributed by atoms with E-state index in [1.54, 1.807) is 6.07 Å². The Hall–Kier alpha value is -2.69. The number of benzene rings is 1. The maximum absolute atomic E-state index is 14.7. The number of fused-ring (bicyclic) bond motifs is 2. The molecule has 0 aliphatic heterocycles. The van der Waals surface area contributed by atoms with Gasteiger partial charge >= 0.3 is 0 Å². The van der Waals surface area contributed by atoms with E-state index >= 15 is 0 Å². The van der Waals surface area contributed by atoms with E-state index in [-0.39, 0.29) is 11.9 Å². The average molecular weight is 393 g/mol. The van der Waals surface area contributed by atoms with E-state index < -0.39 is 0 Å². The first-order chi connectivity index (χ1) is 13.9. The Morgan fingerprint density at radius 3 is 2.45 bits per heavy atom. The smallest absolute Gasteiger partial charge is 0.158 e. The van der Waals surface area contributed by atoms with Crippen LogP contribution >= 0.6 is 0 Å². The fourth-order valence-electron chi connectivity index (χ4n) is 4.56. The van der Waals surface area contributed by atoms with Gasteiger partial charge in [-0.3, -0.25) is 0 Å². The second kappa shape index (κ2) is 7.29. The first-order valence-electron chi connectivity index (χ1n) is 10.5. The number of imidazole rings is 1. The van der Waals surface area contributed by atoms with E-state index in [4.69, 9.17) is 10.1 Å². The second-order valence-electron chi connectivity index (χ2n) is 8.21. The molecule has 152 valence electrons. The summed E-state index contributed by atoms with van der Waals surface area (Å²) in [5, 5.41) is 5.72. The largest absolute Gasteiger partial charge is 0.334 e. The molecule has 1 aromatic carbocycles. The minimum absolute atomic E-state index is 0.104. The quantitative estimate of drug-likeness (QED) is 0.384. The van der Waals surface area contributed by atoms with Crippen molar-refractivity contribution in [1.29, 1.82) is 0 Å². The van der Waals surface area contributed by atoms with Gasteiger partial charge in [-0.1, -0.05) is 26.0 Å². The number of aryl methyl sites for hydroxylation is 2. The molecule has 4 rings (SSSR count). The number of hydrogen-bond acceptors (Lipinski definition) is 2. The summed E-state index contributed by atoms with van der Waals surface area (Å²) >= 11 is 0. The van der Waals surface area contributed by atoms with Crippen molar-refractivity contribution < 1.29 is 4.39 Å². The molecular formula is C24H29FN4. The molecule has 5 heteroatoms. The Labute approximate surface area is 171 Å². The summed E-state index contributed by atoms with van der Waals surface area (Å²) in [5.41, 5.74) is 6.59. The average Bonchev–Trinajstić information content (AvgIpc) is 3.20. The van der Waals surface area contributed by atoms with Gasteiger partial charge in [0.15, 0.2) is 5.65 Å². The minimum Gasteiger partial charge on any atom is -0.334 e. The van der Waals surface area contributed by atoms with Crippen LogP contribution in [0.5, 0.6) is 0 Å². The molecule has 0 saturated carbocycles. The van der Waals surface area contributed by atoms with E-state index in [2.05, 4.69) is 44.4 Å². The van der Waals surface area contributed by atoms with Crippen LogP contribution in [0.1, 0.15) is 69.4 Å². The molecule has 0 N–H and O–H groups in total. The third-order valence-corrected chi connectivity index (χ3v) is 5.90. The van der Waals surface area contributed by atoms with E-state index in [1.165, 1.54) is 11.6 Å². The van der Waals surface area contributed by atoms with Gasteiger partial charge in [0.1, 0.15) is 11.5 Å². The topological polar surface area (TPSA) is 35.1 Å². The molecule has 0 spiro atoms. The monoisotopic (exact) mass is 392 g/mol. The number of rotatable bonds is 5. The predicted octanol–water partition coefficient (Wildman–Crippen LogP) is 6.59. The van der Waals surface area contributed by atoms with Crippen LogP contribution in [0.4, 0.5) is 4.39 Å². The number of aromatic nitrogens is 4. The van der Waals surface area contributed by atoms with Crippen LogP contribution in [0.3, 0.4) is 0 Å². The molecule has 4 nitrogen and oxygen atoms in total. The van der Waals surface area contributed by atoms with Crippen LogP contribution in [0.25, 0.3) is 27.9 Å². The molecule has 0 unspecified atom stereocenters. The Morgan fingerprint density at radius 2 is 1.79 bits per heavy atom. The molecule has 0 bridgehead atoms. The summed E-state index contributed by atoms with van der Waals surface area (Å²) in [7, 11) is 0. The highest BCUT2D eigenvalue weighted by atomic mass is 19.1. The van der Waals surface area contributed by atoms with Gasteiger partial charge < -0.3 is 4.57 Å². The summed E-state index contributed by atoms with van der Waals surface area (Å²) in [6.07, 6.45) is 2.13. The van der Waals surface area contributed by atoms with Gasteiger partial charge in [0.05, 0.1) is 22.6 Å². The van der Waals surface area contributed by atoms with E-state index in [9.17, 15) is 4.39 Å². The lowest BCUT2D eigenvalue weighted by Crippen LogP contribution is -2.08. The van der Waals surface area contributed by atoms with Crippen LogP contribution in [-0.2, 0) is 0 Å². The van der Waals surface area contributed by atoms with Gasteiger partial charge in [-0.25, -0.2) is 13.9 Å². The molecule has 29 heavy (non-hydrogen) atoms. The molecule has 0 aliphatic carbocycles. The maximum Gasteiger partial charge on any atom is 0.158 e. The second-order valence-corrected chi connectivity index (χ2v) is 8.21. The van der Waals surface area contributed by atoms with Crippen LogP contribution in [-0.4, -0.2) is 19.2 Å². The van der Waals surface area contributed by atoms with Crippen molar-refractivity contribution in [3.8, 4) is 11.4 Å². The molecule has 3 heterocycles. The van der Waals surface area contributed by atoms with Gasteiger partial charge in [0.2, 0.25) is 0 Å². The summed E-state index contributed by atoms with van der Waals surface area (Å²) in [6, 6.07) is 9.60. The Kier molecular flexibility index (Phi) is 4.93. The van der Waals surface area contributed by atoms with Crippen molar-refractivity contribution in [3.63, 3.8) is 0 Å². The zero-order valence-corrected chi connectivity index (χ0v) is 18.1. The molecule has 0 radical (unpaired) electrons. The van der Waals surface area contributed by atoms with Crippen LogP contribution in [0.15, 0.2) is 30.3 Å². The molecule has 0 aliphatic rings. The Morgan fingerprint density at radius 1 is 1.07 bits per heavy atom. The van der Waals surface area contributed by atoms with Crippen LogP contribution in [0, 0.1) is 19.7 Å². The fourth-order valence-corrected chi connectivity index (χ4v) is 4.56. The number of halogens is 1. The summed E-state index contributed by atoms with van der Waals surface area (Å²) in [6.45, 7) is 12.7. The van der Waals surface area contributed by atoms with E-state index in [0.29, 0.717) is 11.4 Å². The Bertz CT molecular complexity index is 1200. The SMILES string of the molecule is CCC(CC)c1cc(C)nn2c(-c3cc4cccc(F)c4n3C(C)C)c(C)nc12. The number of nitrogens with zero attached hydrogens (tertiary/aromatic N) is 4. The molecule has 3 aromatic heterocycles. The number of hydrogen-bond donors (Lipinski definition) is 0. The molecule has 0 saturated heterocycles. The molecule has 0 amide bonds. The number of para-hydroxylation sites is 1. The first kappa shape index (κ1) is 19.6. The minimum atomic E-state index is -0.198. The van der Waals surface area contributed by atoms with Crippen LogP contribution in [0.2, 0.25) is 0 Å². The van der Waals surface area contributed by atoms with Crippen molar-refractivity contribution in [1.82, 2.24) is 19.2 Å². The van der Waals surface area contributed by atoms with Crippen molar-refractivity contribution in [3.05, 3.63) is 53.1 Å². The summed E-state index contributed by atoms with van der Waals surface area (Å²) in [4.78, 5) is 4.93. The van der Waals surface area contributed by atoms with Crippen molar-refractivity contribution >= 4 is 16.6 Å². The van der Waals surface area contributed by atoms with Gasteiger partial charge in [-0.05, 0) is 64.7 Å². The lowest BCUT2D eigenvalue weighted by molar-refractivity contribution is 0.590. The predicted molar refractivity (Wildman–Crippen MR) is 117 cm³/mol. The van der Waals surface area contributed by atoms with Gasteiger partial charge in [-0.2, -0.15) is 5.10 Å². The lowest BCUT2D eigenvalue weighted by atomic mass is 9.95. The third-order valence-electron chi connectivity index (χ3n) is 5.90. The standard InChI is InChI=1S/C24H29FN4/c1-7-17(8-2)19-12-15(5)27-29-22(16(6)26-24(19)29)21-13-18-10-9-11-20(25)23(18)28(21)14(3)4/h9-14,17H,7-8H2,1-6H3. The molecule has 0 fully saturated rings. The Balaban J connectivity index is 2.09. The zero-order chi connectivity index (χ0) is 20.9. The van der Waals surface area contributed by atoms with Gasteiger partial charge in [0.25, 0.3) is 0 Å². The third kappa shape index (κ3) is 3.04.